The summed E-state index contributed by atoms with van der Waals surface area (Å²) in [4.78, 5) is 2.13. The fraction of sp³-hybridized carbons (Fsp3) is 1.00. The van der Waals surface area contributed by atoms with Gasteiger partial charge in [0.25, 0.3) is 0 Å². The average molecular weight is 309 g/mol. The van der Waals surface area contributed by atoms with E-state index in [1.807, 2.05) is 0 Å². The van der Waals surface area contributed by atoms with E-state index < -0.39 is 0 Å². The molecule has 8 heavy (non-hydrogen) atoms. The summed E-state index contributed by atoms with van der Waals surface area (Å²) in [5.74, 6) is 0. The Kier molecular flexibility index (Phi) is 5.19. The Bertz CT molecular complexity index is 58.4. The van der Waals surface area contributed by atoms with Crippen molar-refractivity contribution >= 4 is 26.2 Å². The van der Waals surface area contributed by atoms with Gasteiger partial charge in [0, 0.05) is 0 Å². The van der Waals surface area contributed by atoms with Crippen LogP contribution in [0.3, 0.4) is 0 Å². The van der Waals surface area contributed by atoms with Gasteiger partial charge in [-0.05, 0) is 0 Å². The molecule has 2 nitrogen and oxygen atoms in total. The first-order valence-corrected chi connectivity index (χ1v) is 4.22. The van der Waals surface area contributed by atoms with E-state index in [-0.39, 0.29) is 0 Å². The first kappa shape index (κ1) is 8.84. The molecule has 0 rings (SSSR count). The van der Waals surface area contributed by atoms with Gasteiger partial charge in [0.15, 0.2) is 0 Å². The summed E-state index contributed by atoms with van der Waals surface area (Å²) >= 11 is 0.852. The Hall–Kier alpha value is 0.842. The molecule has 0 aromatic heterocycles. The fourth-order valence-corrected chi connectivity index (χ4v) is 0.841. The molecule has 0 heterocycles. The Morgan fingerprint density at radius 3 is 2.25 bits per heavy atom. The maximum absolute atomic E-state index is 5.16. The maximum atomic E-state index is 5.16. The molecule has 0 amide bonds. The zero-order valence-electron chi connectivity index (χ0n) is 5.64. The van der Waals surface area contributed by atoms with Crippen LogP contribution in [0.25, 0.3) is 0 Å². The Labute approximate surface area is 67.5 Å². The molecule has 0 N–H and O–H groups in total. The molecule has 3 radical (unpaired) electrons. The van der Waals surface area contributed by atoms with E-state index in [0.717, 1.165) is 32.8 Å². The SMILES string of the molecule is CC(CN(C)C)[O][Pb]. The molecule has 0 aliphatic carbocycles. The summed E-state index contributed by atoms with van der Waals surface area (Å²) in [5.41, 5.74) is 0. The van der Waals surface area contributed by atoms with Crippen molar-refractivity contribution in [2.24, 2.45) is 0 Å². The summed E-state index contributed by atoms with van der Waals surface area (Å²) in [7, 11) is 4.11. The molecule has 0 spiro atoms. The molecule has 0 fully saturated rings. The number of rotatable bonds is 3. The summed E-state index contributed by atoms with van der Waals surface area (Å²) in [6.07, 6.45) is 0.414. The van der Waals surface area contributed by atoms with Gasteiger partial charge in [0.05, 0.1) is 0 Å². The second-order valence-corrected chi connectivity index (χ2v) is 3.11. The van der Waals surface area contributed by atoms with Crippen molar-refractivity contribution in [1.82, 2.24) is 4.90 Å². The van der Waals surface area contributed by atoms with E-state index in [1.54, 1.807) is 0 Å². The van der Waals surface area contributed by atoms with E-state index in [9.17, 15) is 0 Å². The van der Waals surface area contributed by atoms with Crippen LogP contribution in [0.2, 0.25) is 0 Å². The van der Waals surface area contributed by atoms with Crippen LogP contribution in [0, 0.1) is 0 Å². The summed E-state index contributed by atoms with van der Waals surface area (Å²) in [6, 6.07) is 0. The van der Waals surface area contributed by atoms with Gasteiger partial charge in [-0.15, -0.1) is 0 Å². The third-order valence-corrected chi connectivity index (χ3v) is 2.39. The van der Waals surface area contributed by atoms with Gasteiger partial charge in [-0.25, -0.2) is 0 Å². The Morgan fingerprint density at radius 2 is 2.12 bits per heavy atom. The molecule has 1 atom stereocenters. The monoisotopic (exact) mass is 310 g/mol. The van der Waals surface area contributed by atoms with E-state index >= 15 is 0 Å². The van der Waals surface area contributed by atoms with Crippen LogP contribution in [0.15, 0.2) is 0 Å². The van der Waals surface area contributed by atoms with Gasteiger partial charge >= 0.3 is 67.5 Å². The number of nitrogens with zero attached hydrogens (tertiary/aromatic N) is 1. The topological polar surface area (TPSA) is 12.5 Å². The van der Waals surface area contributed by atoms with Crippen molar-refractivity contribution in [2.75, 3.05) is 20.6 Å². The number of hydrogen-bond acceptors (Lipinski definition) is 2. The predicted molar refractivity (Wildman–Crippen MR) is 34.9 cm³/mol. The van der Waals surface area contributed by atoms with Crippen LogP contribution in [0.1, 0.15) is 6.92 Å². The molecule has 3 heteroatoms. The van der Waals surface area contributed by atoms with Crippen LogP contribution < -0.4 is 0 Å². The minimum absolute atomic E-state index is 0.414. The van der Waals surface area contributed by atoms with Crippen LogP contribution in [-0.4, -0.2) is 57.9 Å². The van der Waals surface area contributed by atoms with Crippen molar-refractivity contribution < 1.29 is 2.69 Å². The molecule has 0 aliphatic heterocycles. The van der Waals surface area contributed by atoms with E-state index in [1.165, 1.54) is 0 Å². The van der Waals surface area contributed by atoms with Crippen LogP contribution in [-0.2, 0) is 2.69 Å². The van der Waals surface area contributed by atoms with Gasteiger partial charge in [0.1, 0.15) is 0 Å². The first-order chi connectivity index (χ1) is 3.66. The Morgan fingerprint density at radius 1 is 1.62 bits per heavy atom. The van der Waals surface area contributed by atoms with Gasteiger partial charge in [0.2, 0.25) is 0 Å². The summed E-state index contributed by atoms with van der Waals surface area (Å²) in [5, 5.41) is 0. The molecule has 0 aliphatic rings. The molecule has 0 aromatic rings. The molecule has 0 saturated carbocycles. The van der Waals surface area contributed by atoms with Crippen molar-refractivity contribution in [1.29, 1.82) is 0 Å². The van der Waals surface area contributed by atoms with Crippen LogP contribution in [0.4, 0.5) is 0 Å². The zero-order valence-corrected chi connectivity index (χ0v) is 9.53. The van der Waals surface area contributed by atoms with Crippen LogP contribution in [0.5, 0.6) is 0 Å². The average Bonchev–Trinajstić information content (AvgIpc) is 1.65. The Balaban J connectivity index is 3.10. The minimum atomic E-state index is 0.414. The van der Waals surface area contributed by atoms with Crippen molar-refractivity contribution in [3.05, 3.63) is 0 Å². The summed E-state index contributed by atoms with van der Waals surface area (Å²) in [6.45, 7) is 3.12. The normalized spacial score (nSPS) is 14.6. The zero-order chi connectivity index (χ0) is 6.57. The molecule has 47 valence electrons. The van der Waals surface area contributed by atoms with Crippen molar-refractivity contribution in [3.8, 4) is 0 Å². The van der Waals surface area contributed by atoms with Gasteiger partial charge in [-0.2, -0.15) is 0 Å². The molecule has 0 saturated heterocycles. The second kappa shape index (κ2) is 4.70. The van der Waals surface area contributed by atoms with Crippen molar-refractivity contribution in [2.45, 2.75) is 13.0 Å². The summed E-state index contributed by atoms with van der Waals surface area (Å²) < 4.78 is 5.16. The van der Waals surface area contributed by atoms with Gasteiger partial charge in [-0.3, -0.25) is 0 Å². The third kappa shape index (κ3) is 4.99. The van der Waals surface area contributed by atoms with Gasteiger partial charge < -0.3 is 0 Å². The molecule has 0 bridgehead atoms. The number of hydrogen-bond donors (Lipinski definition) is 0. The molecule has 0 aromatic carbocycles. The van der Waals surface area contributed by atoms with Crippen molar-refractivity contribution in [3.63, 3.8) is 0 Å². The van der Waals surface area contributed by atoms with E-state index in [2.05, 4.69) is 25.9 Å². The number of likely N-dealkylation sites (N-methyl/N-ethyl adjacent to an activating group) is 1. The molecular formula is C5H12NOPb. The van der Waals surface area contributed by atoms with E-state index in [0.29, 0.717) is 6.10 Å². The molecule has 1 unspecified atom stereocenters. The first-order valence-electron chi connectivity index (χ1n) is 2.64. The van der Waals surface area contributed by atoms with Crippen LogP contribution >= 0.6 is 0 Å². The third-order valence-electron chi connectivity index (χ3n) is 0.823. The fourth-order valence-electron chi connectivity index (χ4n) is 0.551. The van der Waals surface area contributed by atoms with E-state index in [4.69, 9.17) is 2.69 Å². The second-order valence-electron chi connectivity index (χ2n) is 2.19. The van der Waals surface area contributed by atoms with Gasteiger partial charge in [-0.1, -0.05) is 0 Å². The molecular weight excluding hydrogens is 297 g/mol. The quantitative estimate of drug-likeness (QED) is 0.683. The standard InChI is InChI=1S/C5H12NO.Pb/c1-5(7)4-6(2)3;/h5H,4H2,1-3H3;/q-1;+1. The predicted octanol–water partition coefficient (Wildman–Crippen LogP) is 0.0366.